The van der Waals surface area contributed by atoms with E-state index >= 15 is 0 Å². The van der Waals surface area contributed by atoms with E-state index in [-0.39, 0.29) is 5.91 Å². The molecule has 0 bridgehead atoms. The Bertz CT molecular complexity index is 915. The maximum Gasteiger partial charge on any atom is 0.250 e. The number of methoxy groups -OCH3 is 1. The Morgan fingerprint density at radius 2 is 1.85 bits per heavy atom. The van der Waals surface area contributed by atoms with Crippen molar-refractivity contribution < 1.29 is 9.53 Å². The Morgan fingerprint density at radius 3 is 2.54 bits per heavy atom. The van der Waals surface area contributed by atoms with Crippen LogP contribution in [0.5, 0.6) is 5.75 Å². The van der Waals surface area contributed by atoms with E-state index in [2.05, 4.69) is 20.7 Å². The lowest BCUT2D eigenvalue weighted by Gasteiger charge is -2.14. The molecular formula is C19H21N5O2. The number of nitrogens with one attached hydrogen (secondary N) is 1. The SMILES string of the molecule is COc1cccc(-c2nnn(C(C)C(=O)Nc3c(C)cccc3C)n2)c1. The second kappa shape index (κ2) is 7.35. The predicted molar refractivity (Wildman–Crippen MR) is 99.1 cm³/mol. The van der Waals surface area contributed by atoms with Crippen molar-refractivity contribution in [3.63, 3.8) is 0 Å². The summed E-state index contributed by atoms with van der Waals surface area (Å²) in [5.41, 5.74) is 3.61. The first kappa shape index (κ1) is 17.6. The number of aromatic nitrogens is 4. The van der Waals surface area contributed by atoms with Crippen LogP contribution in [-0.4, -0.2) is 33.2 Å². The van der Waals surface area contributed by atoms with Crippen LogP contribution in [-0.2, 0) is 4.79 Å². The van der Waals surface area contributed by atoms with Crippen molar-refractivity contribution in [1.29, 1.82) is 0 Å². The third-order valence-electron chi connectivity index (χ3n) is 4.21. The Kier molecular flexibility index (Phi) is 4.97. The van der Waals surface area contributed by atoms with Crippen LogP contribution in [0.2, 0.25) is 0 Å². The molecule has 1 aromatic heterocycles. The van der Waals surface area contributed by atoms with Gasteiger partial charge >= 0.3 is 0 Å². The Hall–Kier alpha value is -3.22. The number of rotatable bonds is 5. The van der Waals surface area contributed by atoms with Gasteiger partial charge in [-0.05, 0) is 49.2 Å². The molecule has 7 heteroatoms. The van der Waals surface area contributed by atoms with Gasteiger partial charge in [-0.3, -0.25) is 4.79 Å². The lowest BCUT2D eigenvalue weighted by Crippen LogP contribution is -2.26. The molecule has 1 amide bonds. The van der Waals surface area contributed by atoms with Crippen LogP contribution in [0.15, 0.2) is 42.5 Å². The van der Waals surface area contributed by atoms with Crippen molar-refractivity contribution in [2.45, 2.75) is 26.8 Å². The number of aryl methyl sites for hydroxylation is 2. The summed E-state index contributed by atoms with van der Waals surface area (Å²) in [7, 11) is 1.60. The Balaban J connectivity index is 1.79. The molecular weight excluding hydrogens is 330 g/mol. The second-order valence-corrected chi connectivity index (χ2v) is 6.10. The van der Waals surface area contributed by atoms with Gasteiger partial charge in [-0.25, -0.2) is 0 Å². The van der Waals surface area contributed by atoms with Gasteiger partial charge in [0.15, 0.2) is 0 Å². The van der Waals surface area contributed by atoms with Gasteiger partial charge in [0.25, 0.3) is 5.91 Å². The zero-order valence-electron chi connectivity index (χ0n) is 15.2. The Labute approximate surface area is 152 Å². The fourth-order valence-electron chi connectivity index (χ4n) is 2.61. The number of nitrogens with zero attached hydrogens (tertiary/aromatic N) is 4. The maximum atomic E-state index is 12.6. The molecule has 0 saturated carbocycles. The predicted octanol–water partition coefficient (Wildman–Crippen LogP) is 3.17. The van der Waals surface area contributed by atoms with Crippen LogP contribution in [0, 0.1) is 13.8 Å². The minimum absolute atomic E-state index is 0.197. The summed E-state index contributed by atoms with van der Waals surface area (Å²) < 4.78 is 5.21. The molecule has 3 aromatic rings. The molecule has 0 aliphatic carbocycles. The van der Waals surface area contributed by atoms with Gasteiger partial charge < -0.3 is 10.1 Å². The number of anilines is 1. The highest BCUT2D eigenvalue weighted by molar-refractivity contribution is 5.94. The van der Waals surface area contributed by atoms with Gasteiger partial charge in [0.2, 0.25) is 5.82 Å². The number of amides is 1. The number of hydrogen-bond donors (Lipinski definition) is 1. The Morgan fingerprint density at radius 1 is 1.15 bits per heavy atom. The van der Waals surface area contributed by atoms with E-state index in [4.69, 9.17) is 4.74 Å². The molecule has 134 valence electrons. The molecule has 0 fully saturated rings. The number of para-hydroxylation sites is 1. The lowest BCUT2D eigenvalue weighted by atomic mass is 10.1. The van der Waals surface area contributed by atoms with Crippen molar-refractivity contribution >= 4 is 11.6 Å². The molecule has 1 heterocycles. The van der Waals surface area contributed by atoms with E-state index in [0.29, 0.717) is 11.6 Å². The highest BCUT2D eigenvalue weighted by atomic mass is 16.5. The van der Waals surface area contributed by atoms with Gasteiger partial charge in [0.1, 0.15) is 11.8 Å². The van der Waals surface area contributed by atoms with Crippen LogP contribution in [0.25, 0.3) is 11.4 Å². The number of ether oxygens (including phenoxy) is 1. The molecule has 1 N–H and O–H groups in total. The maximum absolute atomic E-state index is 12.6. The summed E-state index contributed by atoms with van der Waals surface area (Å²) >= 11 is 0. The third kappa shape index (κ3) is 3.56. The van der Waals surface area contributed by atoms with E-state index in [1.807, 2.05) is 56.3 Å². The van der Waals surface area contributed by atoms with E-state index in [9.17, 15) is 4.79 Å². The van der Waals surface area contributed by atoms with E-state index in [1.54, 1.807) is 14.0 Å². The average molecular weight is 351 g/mol. The smallest absolute Gasteiger partial charge is 0.250 e. The average Bonchev–Trinajstić information content (AvgIpc) is 3.14. The largest absolute Gasteiger partial charge is 0.497 e. The van der Waals surface area contributed by atoms with Crippen LogP contribution < -0.4 is 10.1 Å². The molecule has 1 unspecified atom stereocenters. The molecule has 1 atom stereocenters. The second-order valence-electron chi connectivity index (χ2n) is 6.10. The molecule has 2 aromatic carbocycles. The summed E-state index contributed by atoms with van der Waals surface area (Å²) in [6, 6.07) is 12.7. The van der Waals surface area contributed by atoms with Crippen molar-refractivity contribution in [2.75, 3.05) is 12.4 Å². The molecule has 0 spiro atoms. The van der Waals surface area contributed by atoms with Crippen molar-refractivity contribution in [3.05, 3.63) is 53.6 Å². The van der Waals surface area contributed by atoms with E-state index < -0.39 is 6.04 Å². The quantitative estimate of drug-likeness (QED) is 0.763. The topological polar surface area (TPSA) is 81.9 Å². The molecule has 0 aliphatic rings. The summed E-state index contributed by atoms with van der Waals surface area (Å²) in [5.74, 6) is 0.951. The van der Waals surface area contributed by atoms with Crippen molar-refractivity contribution in [2.24, 2.45) is 0 Å². The molecule has 0 aliphatic heterocycles. The molecule has 26 heavy (non-hydrogen) atoms. The molecule has 0 saturated heterocycles. The number of tetrazole rings is 1. The van der Waals surface area contributed by atoms with Crippen LogP contribution in [0.3, 0.4) is 0 Å². The normalized spacial score (nSPS) is 11.8. The number of carbonyl (C=O) groups excluding carboxylic acids is 1. The van der Waals surface area contributed by atoms with Crippen LogP contribution >= 0.6 is 0 Å². The van der Waals surface area contributed by atoms with Crippen LogP contribution in [0.1, 0.15) is 24.1 Å². The summed E-state index contributed by atoms with van der Waals surface area (Å²) in [6.07, 6.45) is 0. The number of carbonyl (C=O) groups is 1. The van der Waals surface area contributed by atoms with Crippen molar-refractivity contribution in [1.82, 2.24) is 20.2 Å². The molecule has 0 radical (unpaired) electrons. The minimum atomic E-state index is -0.596. The van der Waals surface area contributed by atoms with Gasteiger partial charge in [-0.1, -0.05) is 30.3 Å². The summed E-state index contributed by atoms with van der Waals surface area (Å²) in [4.78, 5) is 13.9. The standard InChI is InChI=1S/C19H21N5O2/c1-12-7-5-8-13(2)17(12)20-19(25)14(3)24-22-18(21-23-24)15-9-6-10-16(11-15)26-4/h5-11,14H,1-4H3,(H,20,25). The fourth-order valence-corrected chi connectivity index (χ4v) is 2.61. The number of benzene rings is 2. The zero-order chi connectivity index (χ0) is 18.7. The van der Waals surface area contributed by atoms with Crippen LogP contribution in [0.4, 0.5) is 5.69 Å². The first-order valence-corrected chi connectivity index (χ1v) is 8.30. The van der Waals surface area contributed by atoms with Gasteiger partial charge in [0, 0.05) is 11.3 Å². The fraction of sp³-hybridized carbons (Fsp3) is 0.263. The van der Waals surface area contributed by atoms with Gasteiger partial charge in [-0.2, -0.15) is 4.80 Å². The zero-order valence-corrected chi connectivity index (χ0v) is 15.2. The monoisotopic (exact) mass is 351 g/mol. The summed E-state index contributed by atoms with van der Waals surface area (Å²) in [6.45, 7) is 5.66. The number of hydrogen-bond acceptors (Lipinski definition) is 5. The molecule has 3 rings (SSSR count). The van der Waals surface area contributed by atoms with Gasteiger partial charge in [-0.15, -0.1) is 10.2 Å². The molecule has 7 nitrogen and oxygen atoms in total. The van der Waals surface area contributed by atoms with Crippen molar-refractivity contribution in [3.8, 4) is 17.1 Å². The highest BCUT2D eigenvalue weighted by Gasteiger charge is 2.20. The lowest BCUT2D eigenvalue weighted by molar-refractivity contribution is -0.119. The first-order chi connectivity index (χ1) is 12.5. The van der Waals surface area contributed by atoms with E-state index in [0.717, 1.165) is 22.4 Å². The van der Waals surface area contributed by atoms with Gasteiger partial charge in [0.05, 0.1) is 7.11 Å². The first-order valence-electron chi connectivity index (χ1n) is 8.30. The van der Waals surface area contributed by atoms with E-state index in [1.165, 1.54) is 4.80 Å². The highest BCUT2D eigenvalue weighted by Crippen LogP contribution is 2.22. The minimum Gasteiger partial charge on any atom is -0.497 e. The third-order valence-corrected chi connectivity index (χ3v) is 4.21. The summed E-state index contributed by atoms with van der Waals surface area (Å²) in [5, 5.41) is 15.4.